The van der Waals surface area contributed by atoms with Gasteiger partial charge < -0.3 is 58.9 Å². The predicted octanol–water partition coefficient (Wildman–Crippen LogP) is 5.58. The molecule has 9 rings (SSSR count). The van der Waals surface area contributed by atoms with Crippen LogP contribution in [-0.2, 0) is 14.4 Å². The summed E-state index contributed by atoms with van der Waals surface area (Å²) in [6.07, 6.45) is -10.6. The van der Waals surface area contributed by atoms with E-state index in [9.17, 15) is 14.4 Å². The number of aryl methyl sites for hydroxylation is 3. The number of hydrogen-bond acceptors (Lipinski definition) is 12. The van der Waals surface area contributed by atoms with Gasteiger partial charge in [0.1, 0.15) is 57.4 Å². The molecule has 6 atom stereocenters. The van der Waals surface area contributed by atoms with Crippen molar-refractivity contribution in [3.8, 4) is 0 Å². The zero-order chi connectivity index (χ0) is 76.6. The molecule has 0 saturated carbocycles. The SMILES string of the molecule is [2H]c1nc(N(C)[C@@H]2[C@H](C([2H])([2H])[2H])C([2H])([2H])C([2H])([2H])N(C(=O)C[N+]#[C-])C2([2H])[2H])c2c([2H])c(C)[nH]c2n1.[2H]c1nc(N(C)[C@@H]2[C@H](C)C([2H])([2H])C([2H])([2H])N(C(=O)C[N+]#[C-])C2([2H])[2H])c2c([2H])c(C)[nH]c2n1.[2H]c1nc(N(C)[C@H]2C([2H])([2H])N(C(=O)C[N+]#[C-])C([2H])([2H])C([2H])([2H])[C@@]2([2H])C)c2c([2H])c(C)[nH]c2n1. The van der Waals surface area contributed by atoms with Gasteiger partial charge in [-0.25, -0.2) is 49.6 Å². The fourth-order valence-corrected chi connectivity index (χ4v) is 7.34. The van der Waals surface area contributed by atoms with Gasteiger partial charge in [0.2, 0.25) is 0 Å². The van der Waals surface area contributed by atoms with Crippen molar-refractivity contribution in [1.82, 2.24) is 59.6 Å². The summed E-state index contributed by atoms with van der Waals surface area (Å²) < 4.78 is 234. The highest BCUT2D eigenvalue weighted by atomic mass is 16.2. The largest absolute Gasteiger partial charge is 0.354 e. The van der Waals surface area contributed by atoms with Crippen molar-refractivity contribution < 1.29 is 52.8 Å². The van der Waals surface area contributed by atoms with Gasteiger partial charge in [-0.3, -0.25) is 14.4 Å². The highest BCUT2D eigenvalue weighted by Gasteiger charge is 2.36. The standard InChI is InChI=1S/3C17H22N6O/c3*1-11-5-6-23(15(24)8-18-3)9-14(11)22(4)17-13-7-12(2)21-16(13)19-10-20-17/h3*7,10-11,14H,5-6,8-9H2,1-2,4H3,(H,19,20,21)/t3*11-,14+/m111/s1/i5D2,6D2,7D,9D2,10D,11D;1D3,5D2,6D2,7D,9D2,10D;5D2,6D2,7D,9D2,10D. The van der Waals surface area contributed by atoms with Crippen molar-refractivity contribution in [2.75, 3.05) is 94.5 Å². The number of rotatable bonds is 9. The van der Waals surface area contributed by atoms with Crippen molar-refractivity contribution >= 4 is 68.3 Å². The number of amides is 3. The first kappa shape index (κ1) is 26.5. The number of aromatic amines is 3. The van der Waals surface area contributed by atoms with E-state index in [1.807, 2.05) is 0 Å². The summed E-state index contributed by atoms with van der Waals surface area (Å²) >= 11 is 0. The molecule has 3 aliphatic heterocycles. The van der Waals surface area contributed by atoms with Crippen LogP contribution in [0, 0.1) is 58.2 Å². The van der Waals surface area contributed by atoms with Crippen molar-refractivity contribution in [1.29, 1.82) is 0 Å². The van der Waals surface area contributed by atoms with Crippen LogP contribution in [0.4, 0.5) is 17.5 Å². The van der Waals surface area contributed by atoms with Gasteiger partial charge in [0.15, 0.2) is 0 Å². The van der Waals surface area contributed by atoms with E-state index >= 15 is 0 Å². The van der Waals surface area contributed by atoms with Gasteiger partial charge >= 0.3 is 17.7 Å². The molecule has 6 aromatic rings. The van der Waals surface area contributed by atoms with Crippen molar-refractivity contribution in [2.24, 2.45) is 17.7 Å². The third-order valence-corrected chi connectivity index (χ3v) is 10.9. The average Bonchev–Trinajstić information content (AvgIpc) is 0.777. The Morgan fingerprint density at radius 3 is 1.32 bits per heavy atom. The molecular formula is C51H66N18O3. The highest BCUT2D eigenvalue weighted by molar-refractivity contribution is 5.90. The Morgan fingerprint density at radius 2 is 0.944 bits per heavy atom. The van der Waals surface area contributed by atoms with Gasteiger partial charge in [-0.05, 0) is 75.7 Å². The average molecular weight is 1010 g/mol. The number of nitrogens with one attached hydrogen (secondary N) is 3. The fourth-order valence-electron chi connectivity index (χ4n) is 7.34. The van der Waals surface area contributed by atoms with Crippen LogP contribution < -0.4 is 14.7 Å². The Labute approximate surface area is 460 Å². The van der Waals surface area contributed by atoms with Crippen molar-refractivity contribution in [3.63, 3.8) is 0 Å². The van der Waals surface area contributed by atoms with E-state index in [0.29, 0.717) is 17.1 Å². The minimum Gasteiger partial charge on any atom is -0.354 e. The van der Waals surface area contributed by atoms with Crippen LogP contribution in [0.2, 0.25) is 0 Å². The van der Waals surface area contributed by atoms with Crippen LogP contribution in [0.25, 0.3) is 47.6 Å². The molecule has 0 unspecified atom stereocenters. The van der Waals surface area contributed by atoms with Crippen LogP contribution >= 0.6 is 0 Å². The lowest BCUT2D eigenvalue weighted by Crippen LogP contribution is -2.53. The number of nitrogens with zero attached hydrogens (tertiary/aromatic N) is 15. The molecule has 0 aromatic carbocycles. The molecule has 6 aromatic heterocycles. The van der Waals surface area contributed by atoms with Crippen LogP contribution in [0.1, 0.15) is 95.3 Å². The minimum absolute atomic E-state index is 0.00858. The second kappa shape index (κ2) is 22.9. The van der Waals surface area contributed by atoms with E-state index in [4.69, 9.17) is 58.1 Å². The molecule has 378 valence electrons. The van der Waals surface area contributed by atoms with E-state index in [2.05, 4.69) is 59.4 Å². The Morgan fingerprint density at radius 1 is 0.611 bits per heavy atom. The third-order valence-electron chi connectivity index (χ3n) is 10.9. The smallest absolute Gasteiger partial charge is 0.302 e. The highest BCUT2D eigenvalue weighted by Crippen LogP contribution is 2.32. The molecule has 21 heteroatoms. The van der Waals surface area contributed by atoms with Gasteiger partial charge in [-0.1, -0.05) is 20.7 Å². The number of carbonyl (C=O) groups is 3. The van der Waals surface area contributed by atoms with E-state index in [1.54, 1.807) is 20.8 Å². The monoisotopic (exact) mass is 1010 g/mol. The number of likely N-dealkylation sites (tertiary alicyclic amines) is 3. The molecule has 3 amide bonds. The van der Waals surface area contributed by atoms with Crippen LogP contribution in [-0.4, -0.2) is 175 Å². The number of carbonyl (C=O) groups excluding carboxylic acids is 3. The number of likely N-dealkylation sites (N-methyl/N-ethyl adjacent to an activating group) is 3. The lowest BCUT2D eigenvalue weighted by molar-refractivity contribution is -0.131. The van der Waals surface area contributed by atoms with Gasteiger partial charge in [0, 0.05) is 99.1 Å². The summed E-state index contributed by atoms with van der Waals surface area (Å²) in [5.74, 6) is -10.4. The number of anilines is 3. The summed E-state index contributed by atoms with van der Waals surface area (Å²) in [7, 11) is 3.82. The number of fused-ring (bicyclic) bond motifs is 3. The van der Waals surface area contributed by atoms with E-state index in [-0.39, 0.29) is 83.4 Å². The lowest BCUT2D eigenvalue weighted by Gasteiger charge is -2.41. The number of aromatic nitrogens is 9. The van der Waals surface area contributed by atoms with Gasteiger partial charge in [0.05, 0.1) is 46.6 Å². The van der Waals surface area contributed by atoms with Crippen LogP contribution in [0.5, 0.6) is 0 Å². The Balaban J connectivity index is 0.000000211. The molecule has 0 spiro atoms. The maximum Gasteiger partial charge on any atom is 0.302 e. The molecule has 3 fully saturated rings. The number of hydrogen-bond donors (Lipinski definition) is 3. The van der Waals surface area contributed by atoms with E-state index in [1.165, 1.54) is 33.0 Å². The predicted molar refractivity (Wildman–Crippen MR) is 278 cm³/mol. The Hall–Kier alpha value is -7.86. The third kappa shape index (κ3) is 11.5. The fraction of sp³-hybridized carbons (Fsp3) is 0.529. The molecule has 72 heavy (non-hydrogen) atoms. The molecular weight excluding hydrogens is 913 g/mol. The number of H-pyrrole nitrogens is 3. The summed E-state index contributed by atoms with van der Waals surface area (Å²) in [4.78, 5) is 82.2. The Kier molecular flexibility index (Phi) is 8.45. The molecule has 0 bridgehead atoms. The maximum atomic E-state index is 12.7. The molecule has 0 radical (unpaired) electrons. The normalized spacial score (nSPS) is 34.0. The Bertz CT molecular complexity index is 4380. The molecule has 3 aliphatic rings. The van der Waals surface area contributed by atoms with Crippen molar-refractivity contribution in [3.05, 3.63) is 88.4 Å². The molecule has 3 N–H and O–H groups in total. The molecule has 3 saturated heterocycles. The summed E-state index contributed by atoms with van der Waals surface area (Å²) in [5.41, 5.74) is 1.49. The second-order valence-electron chi connectivity index (χ2n) is 16.1. The van der Waals surface area contributed by atoms with Crippen LogP contribution in [0.3, 0.4) is 0 Å². The number of piperidine rings is 3. The van der Waals surface area contributed by atoms with Crippen molar-refractivity contribution in [2.45, 2.75) is 78.7 Å². The summed E-state index contributed by atoms with van der Waals surface area (Å²) in [6.45, 7) is 3.20. The lowest BCUT2D eigenvalue weighted by atomic mass is 9.92. The molecule has 0 aliphatic carbocycles. The summed E-state index contributed by atoms with van der Waals surface area (Å²) in [6, 6.07) is -5.55. The zero-order valence-corrected chi connectivity index (χ0v) is 39.9. The second-order valence-corrected chi connectivity index (χ2v) is 16.1. The van der Waals surface area contributed by atoms with Gasteiger partial charge in [0.25, 0.3) is 19.6 Å². The van der Waals surface area contributed by atoms with E-state index < -0.39 is 157 Å². The first-order chi connectivity index (χ1) is 45.4. The first-order valence-electron chi connectivity index (χ1n) is 35.5. The van der Waals surface area contributed by atoms with Gasteiger partial charge in [-0.15, -0.1) is 0 Å². The van der Waals surface area contributed by atoms with Gasteiger partial charge in [-0.2, -0.15) is 0 Å². The maximum absolute atomic E-state index is 12.7. The zero-order valence-electron chi connectivity index (χ0n) is 67.9. The van der Waals surface area contributed by atoms with E-state index in [0.717, 1.165) is 16.7 Å². The van der Waals surface area contributed by atoms with Crippen LogP contribution in [0.15, 0.2) is 37.0 Å². The first-order valence-corrected chi connectivity index (χ1v) is 21.5. The topological polar surface area (TPSA) is 208 Å². The molecule has 21 nitrogen and oxygen atoms in total. The minimum atomic E-state index is -3.44. The summed E-state index contributed by atoms with van der Waals surface area (Å²) in [5, 5.41) is 0.303. The quantitative estimate of drug-likeness (QED) is 0.152. The molecule has 9 heterocycles.